The first-order chi connectivity index (χ1) is 15.9. The number of ether oxygens (including phenoxy) is 2. The first kappa shape index (κ1) is 21.9. The molecule has 0 aliphatic carbocycles. The molecule has 0 bridgehead atoms. The van der Waals surface area contributed by atoms with Crippen molar-refractivity contribution in [3.63, 3.8) is 0 Å². The average molecular weight is 446 g/mol. The van der Waals surface area contributed by atoms with Crippen LogP contribution in [0.15, 0.2) is 72.6 Å². The van der Waals surface area contributed by atoms with E-state index in [-0.39, 0.29) is 23.4 Å². The largest absolute Gasteiger partial charge is 0.508 e. The molecule has 1 unspecified atom stereocenters. The average Bonchev–Trinajstić information content (AvgIpc) is 3.08. The third-order valence-corrected chi connectivity index (χ3v) is 5.49. The Hall–Kier alpha value is -4.33. The van der Waals surface area contributed by atoms with Crippen LogP contribution in [0.3, 0.4) is 0 Å². The molecule has 2 N–H and O–H groups in total. The number of carbonyl (C=O) groups excluding carboxylic acids is 2. The Balaban J connectivity index is 1.92. The maximum atomic E-state index is 13.2. The number of hydrogen-bond donors (Lipinski definition) is 2. The summed E-state index contributed by atoms with van der Waals surface area (Å²) in [5.74, 6) is -1.26. The van der Waals surface area contributed by atoms with Crippen molar-refractivity contribution in [1.29, 1.82) is 0 Å². The molecule has 0 spiro atoms. The molecule has 4 rings (SSSR count). The quantitative estimate of drug-likeness (QED) is 0.339. The third kappa shape index (κ3) is 4.10. The molecule has 2 aromatic carbocycles. The van der Waals surface area contributed by atoms with Gasteiger partial charge in [0.05, 0.1) is 31.4 Å². The van der Waals surface area contributed by atoms with Crippen LogP contribution in [-0.4, -0.2) is 46.0 Å². The van der Waals surface area contributed by atoms with Gasteiger partial charge in [0.2, 0.25) is 0 Å². The van der Waals surface area contributed by atoms with Crippen LogP contribution in [0, 0.1) is 0 Å². The fraction of sp³-hybridized carbons (Fsp3) is 0.160. The van der Waals surface area contributed by atoms with Gasteiger partial charge >= 0.3 is 0 Å². The van der Waals surface area contributed by atoms with Crippen LogP contribution in [0.1, 0.15) is 22.7 Å². The van der Waals surface area contributed by atoms with E-state index in [2.05, 4.69) is 4.98 Å². The lowest BCUT2D eigenvalue weighted by molar-refractivity contribution is -0.140. The number of aliphatic hydroxyl groups is 1. The van der Waals surface area contributed by atoms with E-state index in [4.69, 9.17) is 9.47 Å². The molecule has 8 heteroatoms. The molecule has 0 radical (unpaired) electrons. The van der Waals surface area contributed by atoms with Gasteiger partial charge in [-0.05, 0) is 53.6 Å². The Morgan fingerprint density at radius 1 is 1.03 bits per heavy atom. The Bertz CT molecular complexity index is 1240. The summed E-state index contributed by atoms with van der Waals surface area (Å²) < 4.78 is 10.6. The van der Waals surface area contributed by atoms with Gasteiger partial charge in [0.1, 0.15) is 23.0 Å². The highest BCUT2D eigenvalue weighted by molar-refractivity contribution is 6.46. The van der Waals surface area contributed by atoms with Gasteiger partial charge in [-0.3, -0.25) is 14.6 Å². The molecule has 1 aliphatic heterocycles. The second kappa shape index (κ2) is 9.04. The Labute approximate surface area is 190 Å². The summed E-state index contributed by atoms with van der Waals surface area (Å²) in [5, 5.41) is 21.4. The number of aliphatic hydroxyl groups excluding tert-OH is 1. The standard InChI is InChI=1S/C25H22N2O6/c1-32-18-6-7-20(33-2)19(13-18)23(29)21-22(16-4-3-5-17(28)12-16)27(25(31)24(21)30)14-15-8-10-26-11-9-15/h3-13,22,28-29H,14H2,1-2H3/b23-21+. The SMILES string of the molecule is COc1ccc(OC)c(/C(O)=C2\C(=O)C(=O)N(Cc3ccncc3)C2c2cccc(O)c2)c1. The van der Waals surface area contributed by atoms with E-state index in [0.717, 1.165) is 5.56 Å². The van der Waals surface area contributed by atoms with Crippen molar-refractivity contribution in [2.24, 2.45) is 0 Å². The normalized spacial score (nSPS) is 17.3. The molecule has 3 aromatic rings. The molecule has 1 atom stereocenters. The number of carbonyl (C=O) groups is 2. The van der Waals surface area contributed by atoms with Gasteiger partial charge in [0.25, 0.3) is 11.7 Å². The summed E-state index contributed by atoms with van der Waals surface area (Å²) in [5.41, 5.74) is 1.35. The van der Waals surface area contributed by atoms with Gasteiger partial charge in [-0.15, -0.1) is 0 Å². The molecule has 1 saturated heterocycles. The summed E-state index contributed by atoms with van der Waals surface area (Å²) in [6.07, 6.45) is 3.19. The van der Waals surface area contributed by atoms with Crippen molar-refractivity contribution in [3.05, 3.63) is 89.3 Å². The molecule has 33 heavy (non-hydrogen) atoms. The molecule has 1 amide bonds. The molecule has 0 saturated carbocycles. The first-order valence-corrected chi connectivity index (χ1v) is 10.1. The van der Waals surface area contributed by atoms with E-state index in [0.29, 0.717) is 17.1 Å². The number of amides is 1. The minimum Gasteiger partial charge on any atom is -0.508 e. The van der Waals surface area contributed by atoms with Gasteiger partial charge in [0, 0.05) is 18.9 Å². The van der Waals surface area contributed by atoms with E-state index >= 15 is 0 Å². The zero-order valence-electron chi connectivity index (χ0n) is 18.1. The van der Waals surface area contributed by atoms with Crippen LogP contribution in [0.4, 0.5) is 0 Å². The van der Waals surface area contributed by atoms with Crippen LogP contribution < -0.4 is 9.47 Å². The van der Waals surface area contributed by atoms with Gasteiger partial charge in [0.15, 0.2) is 0 Å². The monoisotopic (exact) mass is 446 g/mol. The number of hydrogen-bond acceptors (Lipinski definition) is 7. The summed E-state index contributed by atoms with van der Waals surface area (Å²) in [6, 6.07) is 13.6. The third-order valence-electron chi connectivity index (χ3n) is 5.49. The van der Waals surface area contributed by atoms with Crippen LogP contribution in [-0.2, 0) is 16.1 Å². The molecule has 1 aliphatic rings. The Morgan fingerprint density at radius 3 is 2.45 bits per heavy atom. The lowest BCUT2D eigenvalue weighted by atomic mass is 9.94. The summed E-state index contributed by atoms with van der Waals surface area (Å²) >= 11 is 0. The van der Waals surface area contributed by atoms with Crippen LogP contribution in [0.25, 0.3) is 5.76 Å². The van der Waals surface area contributed by atoms with Crippen molar-refractivity contribution in [2.45, 2.75) is 12.6 Å². The minimum absolute atomic E-state index is 0.0269. The Kier molecular flexibility index (Phi) is 5.99. The van der Waals surface area contributed by atoms with Crippen LogP contribution >= 0.6 is 0 Å². The first-order valence-electron chi connectivity index (χ1n) is 10.1. The van der Waals surface area contributed by atoms with Gasteiger partial charge in [-0.25, -0.2) is 0 Å². The maximum absolute atomic E-state index is 13.2. The van der Waals surface area contributed by atoms with E-state index in [9.17, 15) is 19.8 Å². The minimum atomic E-state index is -0.929. The topological polar surface area (TPSA) is 109 Å². The molecular formula is C25H22N2O6. The zero-order valence-corrected chi connectivity index (χ0v) is 18.1. The number of ketones is 1. The number of rotatable bonds is 6. The lowest BCUT2D eigenvalue weighted by Gasteiger charge is -2.25. The highest BCUT2D eigenvalue weighted by Crippen LogP contribution is 2.42. The van der Waals surface area contributed by atoms with Crippen molar-refractivity contribution in [2.75, 3.05) is 14.2 Å². The molecule has 168 valence electrons. The van der Waals surface area contributed by atoms with Crippen molar-refractivity contribution in [1.82, 2.24) is 9.88 Å². The predicted octanol–water partition coefficient (Wildman–Crippen LogP) is 3.43. The summed E-state index contributed by atoms with van der Waals surface area (Å²) in [7, 11) is 2.92. The highest BCUT2D eigenvalue weighted by atomic mass is 16.5. The predicted molar refractivity (Wildman–Crippen MR) is 120 cm³/mol. The summed E-state index contributed by atoms with van der Waals surface area (Å²) in [6.45, 7) is 0.111. The van der Waals surface area contributed by atoms with Crippen LogP contribution in [0.2, 0.25) is 0 Å². The van der Waals surface area contributed by atoms with E-state index < -0.39 is 23.5 Å². The molecule has 1 aromatic heterocycles. The van der Waals surface area contributed by atoms with Gasteiger partial charge < -0.3 is 24.6 Å². The van der Waals surface area contributed by atoms with E-state index in [1.54, 1.807) is 48.8 Å². The van der Waals surface area contributed by atoms with Crippen molar-refractivity contribution in [3.8, 4) is 17.2 Å². The van der Waals surface area contributed by atoms with Gasteiger partial charge in [-0.2, -0.15) is 0 Å². The highest BCUT2D eigenvalue weighted by Gasteiger charge is 2.46. The molecule has 2 heterocycles. The fourth-order valence-electron chi connectivity index (χ4n) is 3.91. The van der Waals surface area contributed by atoms with E-state index in [1.807, 2.05) is 0 Å². The number of pyridine rings is 1. The Morgan fingerprint density at radius 2 is 1.79 bits per heavy atom. The zero-order chi connectivity index (χ0) is 23.5. The number of Topliss-reactive ketones (excluding diaryl/α,β-unsaturated/α-hetero) is 1. The van der Waals surface area contributed by atoms with Crippen molar-refractivity contribution < 1.29 is 29.3 Å². The van der Waals surface area contributed by atoms with Gasteiger partial charge in [-0.1, -0.05) is 12.1 Å². The molecular weight excluding hydrogens is 424 g/mol. The smallest absolute Gasteiger partial charge is 0.295 e. The fourth-order valence-corrected chi connectivity index (χ4v) is 3.91. The second-order valence-electron chi connectivity index (χ2n) is 7.44. The van der Waals surface area contributed by atoms with Crippen molar-refractivity contribution >= 4 is 17.4 Å². The van der Waals surface area contributed by atoms with Crippen LogP contribution in [0.5, 0.6) is 17.2 Å². The number of aromatic nitrogens is 1. The number of aromatic hydroxyl groups is 1. The number of benzene rings is 2. The second-order valence-corrected chi connectivity index (χ2v) is 7.44. The lowest BCUT2D eigenvalue weighted by Crippen LogP contribution is -2.29. The molecule has 1 fully saturated rings. The summed E-state index contributed by atoms with van der Waals surface area (Å²) in [4.78, 5) is 31.6. The number of methoxy groups -OCH3 is 2. The van der Waals surface area contributed by atoms with E-state index in [1.165, 1.54) is 37.3 Å². The number of phenolic OH excluding ortho intramolecular Hbond substituents is 1. The molecule has 8 nitrogen and oxygen atoms in total. The number of nitrogens with zero attached hydrogens (tertiary/aromatic N) is 2. The number of likely N-dealkylation sites (tertiary alicyclic amines) is 1. The maximum Gasteiger partial charge on any atom is 0.295 e. The number of phenols is 1.